The lowest BCUT2D eigenvalue weighted by Crippen LogP contribution is -2.32. The Hall–Kier alpha value is -1.88. The number of pyridine rings is 1. The van der Waals surface area contributed by atoms with Crippen LogP contribution in [0.25, 0.3) is 0 Å². The number of halogens is 1. The number of anilines is 1. The number of benzene rings is 1. The Kier molecular flexibility index (Phi) is 4.16. The molecule has 4 nitrogen and oxygen atoms in total. The van der Waals surface area contributed by atoms with Crippen molar-refractivity contribution in [2.24, 2.45) is 0 Å². The van der Waals surface area contributed by atoms with Gasteiger partial charge in [0.1, 0.15) is 5.82 Å². The van der Waals surface area contributed by atoms with Crippen molar-refractivity contribution in [2.45, 2.75) is 20.4 Å². The second-order valence-corrected chi connectivity index (χ2v) is 6.45. The van der Waals surface area contributed by atoms with Crippen molar-refractivity contribution in [3.63, 3.8) is 0 Å². The molecule has 2 aromatic rings. The number of nitrogens with zero attached hydrogens (tertiary/aromatic N) is 3. The number of aromatic nitrogens is 1. The molecule has 0 spiro atoms. The Morgan fingerprint density at radius 2 is 1.95 bits per heavy atom. The SMILES string of the molecule is Cc1cc(C)nc(N2CCN(Cc3ccccc3Br)C2=O)c1. The van der Waals surface area contributed by atoms with Gasteiger partial charge in [-0.1, -0.05) is 34.1 Å². The topological polar surface area (TPSA) is 36.4 Å². The smallest absolute Gasteiger partial charge is 0.318 e. The summed E-state index contributed by atoms with van der Waals surface area (Å²) in [6.07, 6.45) is 0. The van der Waals surface area contributed by atoms with Crippen molar-refractivity contribution >= 4 is 27.8 Å². The molecule has 1 aliphatic heterocycles. The minimum absolute atomic E-state index is 0.0215. The summed E-state index contributed by atoms with van der Waals surface area (Å²) in [6, 6.07) is 12.0. The summed E-state index contributed by atoms with van der Waals surface area (Å²) in [5.41, 5.74) is 3.18. The molecule has 0 atom stereocenters. The molecule has 22 heavy (non-hydrogen) atoms. The first-order valence-electron chi connectivity index (χ1n) is 7.30. The van der Waals surface area contributed by atoms with Crippen LogP contribution in [-0.2, 0) is 6.54 Å². The molecule has 1 saturated heterocycles. The molecule has 0 saturated carbocycles. The zero-order valence-corrected chi connectivity index (χ0v) is 14.3. The lowest BCUT2D eigenvalue weighted by molar-refractivity contribution is 0.218. The van der Waals surface area contributed by atoms with Crippen LogP contribution >= 0.6 is 15.9 Å². The molecule has 2 heterocycles. The Bertz CT molecular complexity index is 697. The number of hydrogen-bond acceptors (Lipinski definition) is 2. The number of urea groups is 1. The summed E-state index contributed by atoms with van der Waals surface area (Å²) in [4.78, 5) is 20.8. The zero-order chi connectivity index (χ0) is 15.7. The molecule has 0 N–H and O–H groups in total. The molecule has 114 valence electrons. The molecule has 3 rings (SSSR count). The third-order valence-corrected chi connectivity index (χ3v) is 4.55. The standard InChI is InChI=1S/C17H18BrN3O/c1-12-9-13(2)19-16(10-12)21-8-7-20(17(21)22)11-14-5-3-4-6-15(14)18/h3-6,9-10H,7-8,11H2,1-2H3. The second kappa shape index (κ2) is 6.08. The molecule has 0 bridgehead atoms. The van der Waals surface area contributed by atoms with Crippen LogP contribution in [-0.4, -0.2) is 29.0 Å². The molecule has 1 fully saturated rings. The van der Waals surface area contributed by atoms with Gasteiger partial charge in [0.2, 0.25) is 0 Å². The number of amides is 2. The van der Waals surface area contributed by atoms with Crippen LogP contribution in [0.2, 0.25) is 0 Å². The monoisotopic (exact) mass is 359 g/mol. The number of carbonyl (C=O) groups excluding carboxylic acids is 1. The highest BCUT2D eigenvalue weighted by Crippen LogP contribution is 2.23. The molecule has 1 aromatic heterocycles. The number of rotatable bonds is 3. The van der Waals surface area contributed by atoms with Gasteiger partial charge in [-0.25, -0.2) is 9.78 Å². The van der Waals surface area contributed by atoms with Crippen LogP contribution in [0.1, 0.15) is 16.8 Å². The summed E-state index contributed by atoms with van der Waals surface area (Å²) in [7, 11) is 0. The fourth-order valence-corrected chi connectivity index (χ4v) is 3.14. The summed E-state index contributed by atoms with van der Waals surface area (Å²) in [5, 5.41) is 0. The maximum atomic E-state index is 12.6. The van der Waals surface area contributed by atoms with Crippen molar-refractivity contribution in [3.05, 3.63) is 57.7 Å². The lowest BCUT2D eigenvalue weighted by atomic mass is 10.2. The molecular formula is C17H18BrN3O. The summed E-state index contributed by atoms with van der Waals surface area (Å²) in [6.45, 7) is 5.99. The predicted molar refractivity (Wildman–Crippen MR) is 91.0 cm³/mol. The Morgan fingerprint density at radius 3 is 2.68 bits per heavy atom. The first-order valence-corrected chi connectivity index (χ1v) is 8.09. The molecule has 2 amide bonds. The highest BCUT2D eigenvalue weighted by atomic mass is 79.9. The Morgan fingerprint density at radius 1 is 1.18 bits per heavy atom. The first-order chi connectivity index (χ1) is 10.5. The van der Waals surface area contributed by atoms with E-state index in [1.54, 1.807) is 4.90 Å². The van der Waals surface area contributed by atoms with Crippen LogP contribution in [0.3, 0.4) is 0 Å². The van der Waals surface area contributed by atoms with E-state index in [1.165, 1.54) is 0 Å². The van der Waals surface area contributed by atoms with Gasteiger partial charge in [-0.2, -0.15) is 0 Å². The van der Waals surface area contributed by atoms with E-state index in [4.69, 9.17) is 0 Å². The Labute approximate surface area is 138 Å². The summed E-state index contributed by atoms with van der Waals surface area (Å²) >= 11 is 3.54. The van der Waals surface area contributed by atoms with Crippen LogP contribution in [0, 0.1) is 13.8 Å². The van der Waals surface area contributed by atoms with Crippen LogP contribution in [0.4, 0.5) is 10.6 Å². The van der Waals surface area contributed by atoms with E-state index in [1.807, 2.05) is 55.1 Å². The molecule has 1 aliphatic rings. The van der Waals surface area contributed by atoms with Crippen molar-refractivity contribution in [1.82, 2.24) is 9.88 Å². The van der Waals surface area contributed by atoms with Gasteiger partial charge in [-0.15, -0.1) is 0 Å². The van der Waals surface area contributed by atoms with Gasteiger partial charge in [-0.05, 0) is 43.2 Å². The van der Waals surface area contributed by atoms with E-state index in [-0.39, 0.29) is 6.03 Å². The average Bonchev–Trinajstić information content (AvgIpc) is 2.82. The average molecular weight is 360 g/mol. The quantitative estimate of drug-likeness (QED) is 0.832. The molecule has 1 aromatic carbocycles. The predicted octanol–water partition coefficient (Wildman–Crippen LogP) is 3.90. The number of carbonyl (C=O) groups is 1. The third kappa shape index (κ3) is 2.99. The van der Waals surface area contributed by atoms with Crippen molar-refractivity contribution in [3.8, 4) is 0 Å². The molecular weight excluding hydrogens is 342 g/mol. The summed E-state index contributed by atoms with van der Waals surface area (Å²) < 4.78 is 1.03. The summed E-state index contributed by atoms with van der Waals surface area (Å²) in [5.74, 6) is 0.747. The van der Waals surface area contributed by atoms with E-state index < -0.39 is 0 Å². The van der Waals surface area contributed by atoms with Crippen LogP contribution < -0.4 is 4.90 Å². The van der Waals surface area contributed by atoms with E-state index >= 15 is 0 Å². The largest absolute Gasteiger partial charge is 0.326 e. The van der Waals surface area contributed by atoms with E-state index in [9.17, 15) is 4.79 Å². The normalized spacial score (nSPS) is 14.8. The van der Waals surface area contributed by atoms with Crippen molar-refractivity contribution in [2.75, 3.05) is 18.0 Å². The highest BCUT2D eigenvalue weighted by molar-refractivity contribution is 9.10. The maximum Gasteiger partial charge on any atom is 0.326 e. The molecule has 5 heteroatoms. The molecule has 0 aliphatic carbocycles. The Balaban J connectivity index is 1.79. The van der Waals surface area contributed by atoms with Gasteiger partial charge < -0.3 is 4.90 Å². The number of hydrogen-bond donors (Lipinski definition) is 0. The maximum absolute atomic E-state index is 12.6. The van der Waals surface area contributed by atoms with Crippen molar-refractivity contribution < 1.29 is 4.79 Å². The van der Waals surface area contributed by atoms with Gasteiger partial charge in [0, 0.05) is 29.8 Å². The van der Waals surface area contributed by atoms with E-state index in [0.717, 1.165) is 33.7 Å². The van der Waals surface area contributed by atoms with Crippen LogP contribution in [0.15, 0.2) is 40.9 Å². The van der Waals surface area contributed by atoms with Crippen LogP contribution in [0.5, 0.6) is 0 Å². The zero-order valence-electron chi connectivity index (χ0n) is 12.7. The highest BCUT2D eigenvalue weighted by Gasteiger charge is 2.30. The number of aryl methyl sites for hydroxylation is 2. The van der Waals surface area contributed by atoms with Gasteiger partial charge in [-0.3, -0.25) is 4.90 Å². The lowest BCUT2D eigenvalue weighted by Gasteiger charge is -2.19. The second-order valence-electron chi connectivity index (χ2n) is 5.59. The van der Waals surface area contributed by atoms with Gasteiger partial charge in [0.05, 0.1) is 0 Å². The molecule has 0 radical (unpaired) electrons. The van der Waals surface area contributed by atoms with Gasteiger partial charge in [0.25, 0.3) is 0 Å². The third-order valence-electron chi connectivity index (χ3n) is 3.77. The van der Waals surface area contributed by atoms with Gasteiger partial charge in [0.15, 0.2) is 0 Å². The fraction of sp³-hybridized carbons (Fsp3) is 0.294. The van der Waals surface area contributed by atoms with E-state index in [0.29, 0.717) is 13.1 Å². The first kappa shape index (κ1) is 15.0. The minimum atomic E-state index is 0.0215. The minimum Gasteiger partial charge on any atom is -0.318 e. The molecule has 0 unspecified atom stereocenters. The van der Waals surface area contributed by atoms with E-state index in [2.05, 4.69) is 20.9 Å². The van der Waals surface area contributed by atoms with Crippen molar-refractivity contribution in [1.29, 1.82) is 0 Å². The fourth-order valence-electron chi connectivity index (χ4n) is 2.73. The van der Waals surface area contributed by atoms with Gasteiger partial charge >= 0.3 is 6.03 Å².